The number of carbonyl (C=O) groups is 1. The summed E-state index contributed by atoms with van der Waals surface area (Å²) >= 11 is 0. The highest BCUT2D eigenvalue weighted by Gasteiger charge is 2.32. The number of amidine groups is 1. The highest BCUT2D eigenvalue weighted by molar-refractivity contribution is 7.90. The third-order valence-corrected chi connectivity index (χ3v) is 6.33. The average molecular weight is 413 g/mol. The van der Waals surface area contributed by atoms with Crippen LogP contribution in [0.25, 0.3) is 0 Å². The summed E-state index contributed by atoms with van der Waals surface area (Å²) in [6, 6.07) is 12.1. The first-order valence-electron chi connectivity index (χ1n) is 9.55. The Hall–Kier alpha value is -2.87. The van der Waals surface area contributed by atoms with E-state index in [4.69, 9.17) is 4.74 Å². The maximum absolute atomic E-state index is 13.2. The minimum atomic E-state index is -3.86. The predicted molar refractivity (Wildman–Crippen MR) is 113 cm³/mol. The number of rotatable bonds is 3. The highest BCUT2D eigenvalue weighted by Crippen LogP contribution is 2.35. The minimum Gasteiger partial charge on any atom is -0.490 e. The first kappa shape index (κ1) is 19.4. The lowest BCUT2D eigenvalue weighted by Crippen LogP contribution is -2.39. The molecule has 0 aromatic heterocycles. The van der Waals surface area contributed by atoms with Crippen molar-refractivity contribution >= 4 is 33.1 Å². The van der Waals surface area contributed by atoms with Crippen LogP contribution in [0.4, 0.5) is 11.4 Å². The van der Waals surface area contributed by atoms with Crippen molar-refractivity contribution in [2.24, 2.45) is 10.3 Å². The fourth-order valence-electron chi connectivity index (χ4n) is 3.66. The number of nitrogens with zero attached hydrogens (tertiary/aromatic N) is 3. The van der Waals surface area contributed by atoms with E-state index in [-0.39, 0.29) is 10.8 Å². The molecule has 0 saturated heterocycles. The smallest absolute Gasteiger partial charge is 0.286 e. The molecular weight excluding hydrogens is 390 g/mol. The predicted octanol–water partition coefficient (Wildman–Crippen LogP) is 3.31. The van der Waals surface area contributed by atoms with Crippen molar-refractivity contribution in [3.05, 3.63) is 48.0 Å². The molecule has 29 heavy (non-hydrogen) atoms. The van der Waals surface area contributed by atoms with Gasteiger partial charge in [-0.1, -0.05) is 26.0 Å². The standard InChI is InChI=1S/C21H23N3O4S/c1-14(2)13-24-15(3)22-29(26,27)20-12-16(8-9-18(20)24)21(25)23-10-11-28-19-7-5-4-6-17(19)23/h4-9,12,14H,10-11,13H2,1-3H3. The molecular formula is C21H23N3O4S. The van der Waals surface area contributed by atoms with Crippen LogP contribution in [-0.4, -0.2) is 39.9 Å². The number of amides is 1. The van der Waals surface area contributed by atoms with E-state index in [0.717, 1.165) is 0 Å². The first-order valence-corrected chi connectivity index (χ1v) is 11.0. The molecule has 7 nitrogen and oxygen atoms in total. The fourth-order valence-corrected chi connectivity index (χ4v) is 4.92. The summed E-state index contributed by atoms with van der Waals surface area (Å²) in [5.74, 6) is 1.13. The molecule has 2 aliphatic heterocycles. The Kier molecular flexibility index (Phi) is 4.82. The summed E-state index contributed by atoms with van der Waals surface area (Å²) in [5, 5.41) is 0. The maximum atomic E-state index is 13.2. The van der Waals surface area contributed by atoms with Gasteiger partial charge in [-0.25, -0.2) is 0 Å². The normalized spacial score (nSPS) is 17.3. The Morgan fingerprint density at radius 1 is 1.17 bits per heavy atom. The van der Waals surface area contributed by atoms with Crippen LogP contribution in [0.5, 0.6) is 5.75 Å². The molecule has 2 aliphatic rings. The highest BCUT2D eigenvalue weighted by atomic mass is 32.2. The van der Waals surface area contributed by atoms with Crippen LogP contribution >= 0.6 is 0 Å². The van der Waals surface area contributed by atoms with Gasteiger partial charge >= 0.3 is 0 Å². The van der Waals surface area contributed by atoms with Gasteiger partial charge in [-0.2, -0.15) is 8.42 Å². The van der Waals surface area contributed by atoms with E-state index < -0.39 is 10.0 Å². The number of carbonyl (C=O) groups excluding carboxylic acids is 1. The Labute approximate surface area is 170 Å². The van der Waals surface area contributed by atoms with E-state index >= 15 is 0 Å². The van der Waals surface area contributed by atoms with Crippen LogP contribution in [-0.2, 0) is 10.0 Å². The van der Waals surface area contributed by atoms with E-state index in [9.17, 15) is 13.2 Å². The quantitative estimate of drug-likeness (QED) is 0.771. The Balaban J connectivity index is 1.75. The van der Waals surface area contributed by atoms with Gasteiger partial charge in [-0.3, -0.25) is 4.79 Å². The second kappa shape index (κ2) is 7.18. The topological polar surface area (TPSA) is 79.3 Å². The summed E-state index contributed by atoms with van der Waals surface area (Å²) in [6.07, 6.45) is 0. The summed E-state index contributed by atoms with van der Waals surface area (Å²) < 4.78 is 34.9. The zero-order chi connectivity index (χ0) is 20.8. The van der Waals surface area contributed by atoms with E-state index in [0.29, 0.717) is 54.1 Å². The van der Waals surface area contributed by atoms with E-state index in [2.05, 4.69) is 18.2 Å². The summed E-state index contributed by atoms with van der Waals surface area (Å²) in [6.45, 7) is 7.23. The van der Waals surface area contributed by atoms with E-state index in [1.165, 1.54) is 6.07 Å². The summed E-state index contributed by atoms with van der Waals surface area (Å²) in [4.78, 5) is 16.8. The number of sulfonamides is 1. The van der Waals surface area contributed by atoms with Gasteiger partial charge in [-0.05, 0) is 43.2 Å². The monoisotopic (exact) mass is 413 g/mol. The van der Waals surface area contributed by atoms with Crippen molar-refractivity contribution in [2.45, 2.75) is 25.7 Å². The number of anilines is 2. The number of ether oxygens (including phenoxy) is 1. The molecule has 152 valence electrons. The second-order valence-corrected chi connectivity index (χ2v) is 9.15. The van der Waals surface area contributed by atoms with Crippen LogP contribution in [0.1, 0.15) is 31.1 Å². The largest absolute Gasteiger partial charge is 0.490 e. The van der Waals surface area contributed by atoms with Crippen LogP contribution in [0.15, 0.2) is 51.8 Å². The molecule has 2 aromatic carbocycles. The van der Waals surface area contributed by atoms with Crippen molar-refractivity contribution in [3.63, 3.8) is 0 Å². The van der Waals surface area contributed by atoms with Gasteiger partial charge in [0.2, 0.25) is 0 Å². The Morgan fingerprint density at radius 3 is 2.69 bits per heavy atom. The molecule has 2 aromatic rings. The van der Waals surface area contributed by atoms with Gasteiger partial charge in [0, 0.05) is 12.1 Å². The molecule has 2 heterocycles. The van der Waals surface area contributed by atoms with Crippen molar-refractivity contribution in [1.29, 1.82) is 0 Å². The maximum Gasteiger partial charge on any atom is 0.286 e. The summed E-state index contributed by atoms with van der Waals surface area (Å²) in [5.41, 5.74) is 1.55. The fraction of sp³-hybridized carbons (Fsp3) is 0.333. The number of fused-ring (bicyclic) bond motifs is 2. The number of hydrogen-bond donors (Lipinski definition) is 0. The molecule has 4 rings (SSSR count). The van der Waals surface area contributed by atoms with Crippen molar-refractivity contribution < 1.29 is 17.9 Å². The van der Waals surface area contributed by atoms with Gasteiger partial charge in [0.15, 0.2) is 0 Å². The molecule has 0 saturated carbocycles. The van der Waals surface area contributed by atoms with Crippen LogP contribution in [0, 0.1) is 5.92 Å². The Morgan fingerprint density at radius 2 is 1.93 bits per heavy atom. The lowest BCUT2D eigenvalue weighted by Gasteiger charge is -2.32. The lowest BCUT2D eigenvalue weighted by molar-refractivity contribution is 0.0976. The zero-order valence-corrected chi connectivity index (χ0v) is 17.4. The second-order valence-electron chi connectivity index (χ2n) is 7.57. The van der Waals surface area contributed by atoms with Crippen LogP contribution in [0.2, 0.25) is 0 Å². The molecule has 8 heteroatoms. The average Bonchev–Trinajstić information content (AvgIpc) is 2.69. The molecule has 0 unspecified atom stereocenters. The Bertz CT molecular complexity index is 1110. The minimum absolute atomic E-state index is 0.0659. The molecule has 1 amide bonds. The van der Waals surface area contributed by atoms with Crippen molar-refractivity contribution in [3.8, 4) is 5.75 Å². The lowest BCUT2D eigenvalue weighted by atomic mass is 10.1. The third kappa shape index (κ3) is 3.48. The van der Waals surface area contributed by atoms with Crippen molar-refractivity contribution in [2.75, 3.05) is 29.5 Å². The van der Waals surface area contributed by atoms with Gasteiger partial charge < -0.3 is 14.5 Å². The van der Waals surface area contributed by atoms with E-state index in [1.54, 1.807) is 24.0 Å². The van der Waals surface area contributed by atoms with Crippen LogP contribution < -0.4 is 14.5 Å². The van der Waals surface area contributed by atoms with Crippen LogP contribution in [0.3, 0.4) is 0 Å². The molecule has 0 atom stereocenters. The molecule has 0 radical (unpaired) electrons. The zero-order valence-electron chi connectivity index (χ0n) is 16.6. The number of benzene rings is 2. The molecule has 0 fully saturated rings. The summed E-state index contributed by atoms with van der Waals surface area (Å²) in [7, 11) is -3.86. The van der Waals surface area contributed by atoms with Gasteiger partial charge in [0.05, 0.1) is 17.9 Å². The van der Waals surface area contributed by atoms with Gasteiger partial charge in [0.1, 0.15) is 23.1 Å². The van der Waals surface area contributed by atoms with Crippen molar-refractivity contribution in [1.82, 2.24) is 0 Å². The van der Waals surface area contributed by atoms with Gasteiger partial charge in [-0.15, -0.1) is 4.40 Å². The molecule has 0 N–H and O–H groups in total. The van der Waals surface area contributed by atoms with Gasteiger partial charge in [0.25, 0.3) is 15.9 Å². The third-order valence-electron chi connectivity index (χ3n) is 4.94. The molecule has 0 aliphatic carbocycles. The SMILES string of the molecule is CC1=NS(=O)(=O)c2cc(C(=O)N3CCOc4ccccc43)ccc2N1CC(C)C. The first-order chi connectivity index (χ1) is 13.8. The number of hydrogen-bond acceptors (Lipinski definition) is 5. The number of para-hydroxylation sites is 2. The molecule has 0 bridgehead atoms. The van der Waals surface area contributed by atoms with E-state index in [1.807, 2.05) is 29.2 Å². The molecule has 0 spiro atoms.